The highest BCUT2D eigenvalue weighted by Gasteiger charge is 2.03. The van der Waals surface area contributed by atoms with Gasteiger partial charge in [-0.2, -0.15) is 0 Å². The largest absolute Gasteiger partial charge is 0.486 e. The summed E-state index contributed by atoms with van der Waals surface area (Å²) in [5.74, 6) is 0.00355. The van der Waals surface area contributed by atoms with E-state index in [9.17, 15) is 9.18 Å². The van der Waals surface area contributed by atoms with Crippen molar-refractivity contribution < 1.29 is 13.9 Å². The molecule has 2 aromatic carbocycles. The van der Waals surface area contributed by atoms with Crippen LogP contribution in [0.4, 0.5) is 4.39 Å². The first kappa shape index (κ1) is 25.6. The van der Waals surface area contributed by atoms with Crippen LogP contribution in [0.5, 0.6) is 5.75 Å². The van der Waals surface area contributed by atoms with Crippen molar-refractivity contribution in [2.24, 2.45) is 5.73 Å². The Morgan fingerprint density at radius 1 is 1.11 bits per heavy atom. The number of amides is 1. The first-order chi connectivity index (χ1) is 13.4. The van der Waals surface area contributed by atoms with Crippen LogP contribution in [0.1, 0.15) is 51.2 Å². The van der Waals surface area contributed by atoms with Gasteiger partial charge in [-0.05, 0) is 43.1 Å². The molecule has 1 amide bonds. The van der Waals surface area contributed by atoms with E-state index in [4.69, 9.17) is 10.5 Å². The second-order valence-electron chi connectivity index (χ2n) is 6.33. The number of ether oxygens (including phenoxy) is 1. The number of carbonyl (C=O) groups is 1. The molecule has 0 fully saturated rings. The number of nitrogens with one attached hydrogen (secondary N) is 1. The number of hydrogen-bond donors (Lipinski definition) is 2. The van der Waals surface area contributed by atoms with Gasteiger partial charge in [-0.1, -0.05) is 63.1 Å². The van der Waals surface area contributed by atoms with Gasteiger partial charge >= 0.3 is 0 Å². The Kier molecular flexibility index (Phi) is 15.3. The summed E-state index contributed by atoms with van der Waals surface area (Å²) in [6, 6.07) is 14.7. The Bertz CT molecular complexity index is 646. The van der Waals surface area contributed by atoms with Gasteiger partial charge in [-0.3, -0.25) is 4.79 Å². The fourth-order valence-electron chi connectivity index (χ4n) is 1.82. The SMILES string of the molecule is CC(=O)NCCCN.CCCC.Cc1ccc(OCc2ccccc2)c(F)c1. The lowest BCUT2D eigenvalue weighted by Crippen LogP contribution is -2.22. The van der Waals surface area contributed by atoms with Crippen molar-refractivity contribution in [1.82, 2.24) is 5.32 Å². The van der Waals surface area contributed by atoms with Gasteiger partial charge in [0, 0.05) is 13.5 Å². The molecule has 0 saturated carbocycles. The van der Waals surface area contributed by atoms with Crippen LogP contribution in [0.25, 0.3) is 0 Å². The van der Waals surface area contributed by atoms with Gasteiger partial charge in [0.15, 0.2) is 11.6 Å². The number of hydrogen-bond acceptors (Lipinski definition) is 3. The first-order valence-electron chi connectivity index (χ1n) is 9.81. The van der Waals surface area contributed by atoms with Gasteiger partial charge in [-0.15, -0.1) is 0 Å². The first-order valence-corrected chi connectivity index (χ1v) is 9.81. The van der Waals surface area contributed by atoms with Crippen molar-refractivity contribution in [2.45, 2.75) is 53.6 Å². The van der Waals surface area contributed by atoms with Crippen LogP contribution in [0.15, 0.2) is 48.5 Å². The van der Waals surface area contributed by atoms with Crippen LogP contribution in [0.3, 0.4) is 0 Å². The summed E-state index contributed by atoms with van der Waals surface area (Å²) < 4.78 is 18.8. The predicted molar refractivity (Wildman–Crippen MR) is 115 cm³/mol. The Morgan fingerprint density at radius 2 is 1.75 bits per heavy atom. The number of benzene rings is 2. The molecule has 2 aromatic rings. The zero-order chi connectivity index (χ0) is 21.2. The minimum Gasteiger partial charge on any atom is -0.486 e. The fourth-order valence-corrected chi connectivity index (χ4v) is 1.82. The van der Waals surface area contributed by atoms with E-state index in [2.05, 4.69) is 19.2 Å². The number of carbonyl (C=O) groups excluding carboxylic acids is 1. The molecule has 5 heteroatoms. The van der Waals surface area contributed by atoms with E-state index < -0.39 is 0 Å². The smallest absolute Gasteiger partial charge is 0.216 e. The molecule has 0 atom stereocenters. The van der Waals surface area contributed by atoms with Crippen molar-refractivity contribution in [2.75, 3.05) is 13.1 Å². The summed E-state index contributed by atoms with van der Waals surface area (Å²) in [6.07, 6.45) is 3.50. The molecule has 3 N–H and O–H groups in total. The van der Waals surface area contributed by atoms with Gasteiger partial charge in [0.05, 0.1) is 0 Å². The Morgan fingerprint density at radius 3 is 2.25 bits per heavy atom. The third kappa shape index (κ3) is 13.8. The van der Waals surface area contributed by atoms with E-state index in [0.29, 0.717) is 25.4 Å². The number of unbranched alkanes of at least 4 members (excludes halogenated alkanes) is 1. The van der Waals surface area contributed by atoms with Crippen molar-refractivity contribution in [1.29, 1.82) is 0 Å². The molecule has 0 saturated heterocycles. The van der Waals surface area contributed by atoms with E-state index in [0.717, 1.165) is 17.5 Å². The standard InChI is InChI=1S/C14H13FO.C5H12N2O.C4H10/c1-11-7-8-14(13(15)9-11)16-10-12-5-3-2-4-6-12;1-5(8)7-4-2-3-6;1-3-4-2/h2-9H,10H2,1H3;2-4,6H2,1H3,(H,7,8);3-4H2,1-2H3. The summed E-state index contributed by atoms with van der Waals surface area (Å²) in [6.45, 7) is 9.44. The fraction of sp³-hybridized carbons (Fsp3) is 0.435. The Labute approximate surface area is 169 Å². The second-order valence-corrected chi connectivity index (χ2v) is 6.33. The molecule has 0 spiro atoms. The molecule has 0 aromatic heterocycles. The van der Waals surface area contributed by atoms with E-state index in [1.54, 1.807) is 6.07 Å². The normalized spacial score (nSPS) is 9.36. The minimum atomic E-state index is -0.309. The van der Waals surface area contributed by atoms with Crippen LogP contribution in [0.2, 0.25) is 0 Å². The third-order valence-electron chi connectivity index (χ3n) is 3.58. The molecule has 2 rings (SSSR count). The molecular weight excluding hydrogens is 355 g/mol. The average molecular weight is 391 g/mol. The molecule has 0 bridgehead atoms. The molecule has 0 radical (unpaired) electrons. The Hall–Kier alpha value is -2.40. The van der Waals surface area contributed by atoms with Gasteiger partial charge in [0.1, 0.15) is 6.61 Å². The molecule has 4 nitrogen and oxygen atoms in total. The third-order valence-corrected chi connectivity index (χ3v) is 3.58. The van der Waals surface area contributed by atoms with Crippen molar-refractivity contribution in [3.05, 3.63) is 65.5 Å². The average Bonchev–Trinajstić information content (AvgIpc) is 2.69. The number of nitrogens with two attached hydrogens (primary N) is 1. The van der Waals surface area contributed by atoms with Crippen LogP contribution >= 0.6 is 0 Å². The predicted octanol–water partition coefficient (Wildman–Crippen LogP) is 4.99. The molecule has 0 aliphatic rings. The van der Waals surface area contributed by atoms with E-state index >= 15 is 0 Å². The molecule has 0 aliphatic heterocycles. The van der Waals surface area contributed by atoms with Crippen LogP contribution in [0, 0.1) is 12.7 Å². The highest BCUT2D eigenvalue weighted by atomic mass is 19.1. The number of rotatable bonds is 7. The molecule has 156 valence electrons. The molecule has 28 heavy (non-hydrogen) atoms. The lowest BCUT2D eigenvalue weighted by atomic mass is 10.2. The summed E-state index contributed by atoms with van der Waals surface area (Å²) in [5, 5.41) is 2.63. The van der Waals surface area contributed by atoms with Gasteiger partial charge in [0.2, 0.25) is 5.91 Å². The second kappa shape index (κ2) is 16.8. The van der Waals surface area contributed by atoms with Crippen LogP contribution in [-0.2, 0) is 11.4 Å². The van der Waals surface area contributed by atoms with Gasteiger partial charge < -0.3 is 15.8 Å². The lowest BCUT2D eigenvalue weighted by molar-refractivity contribution is -0.118. The van der Waals surface area contributed by atoms with E-state index in [-0.39, 0.29) is 11.7 Å². The summed E-state index contributed by atoms with van der Waals surface area (Å²) in [7, 11) is 0. The molecule has 0 aliphatic carbocycles. The maximum atomic E-state index is 13.4. The minimum absolute atomic E-state index is 0.0125. The van der Waals surface area contributed by atoms with Gasteiger partial charge in [0.25, 0.3) is 0 Å². The Balaban J connectivity index is 0.000000511. The van der Waals surface area contributed by atoms with E-state index in [1.165, 1.54) is 25.8 Å². The molecule has 0 heterocycles. The maximum absolute atomic E-state index is 13.4. The topological polar surface area (TPSA) is 64.4 Å². The van der Waals surface area contributed by atoms with Crippen molar-refractivity contribution in [3.8, 4) is 5.75 Å². The zero-order valence-electron chi connectivity index (χ0n) is 17.6. The highest BCUT2D eigenvalue weighted by Crippen LogP contribution is 2.19. The zero-order valence-corrected chi connectivity index (χ0v) is 17.6. The monoisotopic (exact) mass is 390 g/mol. The van der Waals surface area contributed by atoms with E-state index in [1.807, 2.05) is 43.3 Å². The summed E-state index contributed by atoms with van der Waals surface area (Å²) >= 11 is 0. The number of aryl methyl sites for hydroxylation is 1. The number of halogens is 1. The van der Waals surface area contributed by atoms with Crippen molar-refractivity contribution in [3.63, 3.8) is 0 Å². The van der Waals surface area contributed by atoms with Crippen LogP contribution < -0.4 is 15.8 Å². The lowest BCUT2D eigenvalue weighted by Gasteiger charge is -2.07. The summed E-state index contributed by atoms with van der Waals surface area (Å²) in [4.78, 5) is 10.2. The summed E-state index contributed by atoms with van der Waals surface area (Å²) in [5.41, 5.74) is 7.09. The quantitative estimate of drug-likeness (QED) is 0.655. The van der Waals surface area contributed by atoms with Gasteiger partial charge in [-0.25, -0.2) is 4.39 Å². The highest BCUT2D eigenvalue weighted by molar-refractivity contribution is 5.72. The van der Waals surface area contributed by atoms with Crippen LogP contribution in [-0.4, -0.2) is 19.0 Å². The molecule has 0 unspecified atom stereocenters. The maximum Gasteiger partial charge on any atom is 0.216 e. The molecular formula is C23H35FN2O2. The van der Waals surface area contributed by atoms with Crippen molar-refractivity contribution >= 4 is 5.91 Å².